The maximum Gasteiger partial charge on any atom is 0.416 e. The first-order valence-corrected chi connectivity index (χ1v) is 8.54. The fourth-order valence-electron chi connectivity index (χ4n) is 2.61. The molecule has 0 bridgehead atoms. The number of hydrogen-bond donors (Lipinski definition) is 2. The minimum absolute atomic E-state index is 0.0660. The van der Waals surface area contributed by atoms with Gasteiger partial charge >= 0.3 is 12.1 Å². The molecule has 2 heterocycles. The third-order valence-electron chi connectivity index (χ3n) is 3.87. The van der Waals surface area contributed by atoms with Gasteiger partial charge in [0.05, 0.1) is 28.9 Å². The zero-order valence-corrected chi connectivity index (χ0v) is 15.4. The Bertz CT molecular complexity index is 1080. The van der Waals surface area contributed by atoms with Gasteiger partial charge in [-0.2, -0.15) is 18.3 Å². The van der Waals surface area contributed by atoms with Crippen molar-refractivity contribution in [2.45, 2.75) is 26.4 Å². The van der Waals surface area contributed by atoms with Crippen LogP contribution in [-0.2, 0) is 20.5 Å². The smallest absolute Gasteiger partial charge is 0.416 e. The first-order valence-electron chi connectivity index (χ1n) is 8.54. The van der Waals surface area contributed by atoms with Crippen LogP contribution in [0.4, 0.5) is 19.0 Å². The fourth-order valence-corrected chi connectivity index (χ4v) is 2.61. The Labute approximate surface area is 162 Å². The van der Waals surface area contributed by atoms with E-state index in [0.29, 0.717) is 11.2 Å². The molecule has 0 aliphatic rings. The van der Waals surface area contributed by atoms with E-state index in [1.165, 1.54) is 12.1 Å². The molecule has 0 aliphatic carbocycles. The number of nitrogens with one attached hydrogen (secondary N) is 2. The highest BCUT2D eigenvalue weighted by Gasteiger charge is 2.30. The van der Waals surface area contributed by atoms with Crippen LogP contribution in [0.25, 0.3) is 22.4 Å². The van der Waals surface area contributed by atoms with Crippen LogP contribution in [0.3, 0.4) is 0 Å². The molecule has 0 saturated carbocycles. The Hall–Kier alpha value is -3.50. The largest absolute Gasteiger partial charge is 0.466 e. The zero-order valence-electron chi connectivity index (χ0n) is 15.4. The van der Waals surface area contributed by atoms with Gasteiger partial charge in [0.15, 0.2) is 0 Å². The number of alkyl halides is 3. The average molecular weight is 407 g/mol. The minimum atomic E-state index is -4.50. The standard InChI is InChI=1S/C18H16F3N5O3/c1-3-29-16(28)8-15(27)24-14-7-13(25-26-14)17-9(2)22-11-5-4-10(18(19,20)21)6-12(11)23-17/h4-7H,3,8H2,1-2H3,(H2,24,25,26,27). The Morgan fingerprint density at radius 3 is 2.62 bits per heavy atom. The van der Waals surface area contributed by atoms with Crippen molar-refractivity contribution in [3.05, 3.63) is 35.5 Å². The number of aromatic nitrogens is 4. The molecular formula is C18H16F3N5O3. The Kier molecular flexibility index (Phi) is 5.48. The lowest BCUT2D eigenvalue weighted by atomic mass is 10.1. The first-order chi connectivity index (χ1) is 13.7. The van der Waals surface area contributed by atoms with Crippen LogP contribution < -0.4 is 5.32 Å². The lowest BCUT2D eigenvalue weighted by Crippen LogP contribution is -2.18. The van der Waals surface area contributed by atoms with Crippen molar-refractivity contribution in [3.8, 4) is 11.4 Å². The summed E-state index contributed by atoms with van der Waals surface area (Å²) >= 11 is 0. The number of H-pyrrole nitrogens is 1. The lowest BCUT2D eigenvalue weighted by molar-refractivity contribution is -0.145. The highest BCUT2D eigenvalue weighted by Crippen LogP contribution is 2.31. The number of anilines is 1. The lowest BCUT2D eigenvalue weighted by Gasteiger charge is -2.08. The molecular weight excluding hydrogens is 391 g/mol. The number of nitrogens with zero attached hydrogens (tertiary/aromatic N) is 3. The van der Waals surface area contributed by atoms with Gasteiger partial charge in [0.1, 0.15) is 23.6 Å². The number of benzene rings is 1. The second kappa shape index (κ2) is 7.86. The molecule has 0 atom stereocenters. The van der Waals surface area contributed by atoms with Crippen LogP contribution in [0, 0.1) is 6.92 Å². The van der Waals surface area contributed by atoms with Gasteiger partial charge in [-0.25, -0.2) is 9.97 Å². The molecule has 0 saturated heterocycles. The zero-order chi connectivity index (χ0) is 21.2. The Morgan fingerprint density at radius 1 is 1.17 bits per heavy atom. The minimum Gasteiger partial charge on any atom is -0.466 e. The van der Waals surface area contributed by atoms with Crippen molar-refractivity contribution in [3.63, 3.8) is 0 Å². The van der Waals surface area contributed by atoms with E-state index >= 15 is 0 Å². The number of amides is 1. The van der Waals surface area contributed by atoms with Crippen molar-refractivity contribution in [1.82, 2.24) is 20.2 Å². The number of carbonyl (C=O) groups excluding carboxylic acids is 2. The number of esters is 1. The number of hydrogen-bond acceptors (Lipinski definition) is 6. The molecule has 0 radical (unpaired) electrons. The van der Waals surface area contributed by atoms with Crippen molar-refractivity contribution in [2.75, 3.05) is 11.9 Å². The van der Waals surface area contributed by atoms with Crippen LogP contribution in [-0.4, -0.2) is 38.6 Å². The van der Waals surface area contributed by atoms with E-state index in [1.807, 2.05) is 0 Å². The molecule has 0 aliphatic heterocycles. The van der Waals surface area contributed by atoms with E-state index in [-0.39, 0.29) is 29.3 Å². The summed E-state index contributed by atoms with van der Waals surface area (Å²) in [6, 6.07) is 4.56. The number of aromatic amines is 1. The second-order valence-corrected chi connectivity index (χ2v) is 6.06. The maximum absolute atomic E-state index is 12.9. The SMILES string of the molecule is CCOC(=O)CC(=O)Nc1cc(-c2nc3cc(C(F)(F)F)ccc3nc2C)n[nH]1. The molecule has 1 aromatic carbocycles. The van der Waals surface area contributed by atoms with E-state index in [4.69, 9.17) is 4.74 Å². The average Bonchev–Trinajstić information content (AvgIpc) is 3.08. The third kappa shape index (κ3) is 4.68. The van der Waals surface area contributed by atoms with E-state index in [0.717, 1.165) is 12.1 Å². The summed E-state index contributed by atoms with van der Waals surface area (Å²) in [4.78, 5) is 31.7. The molecule has 2 N–H and O–H groups in total. The van der Waals surface area contributed by atoms with Gasteiger partial charge in [-0.15, -0.1) is 0 Å². The molecule has 0 fully saturated rings. The molecule has 1 amide bonds. The van der Waals surface area contributed by atoms with Gasteiger partial charge in [0, 0.05) is 6.07 Å². The number of aryl methyl sites for hydroxylation is 1. The molecule has 0 unspecified atom stereocenters. The Morgan fingerprint density at radius 2 is 1.93 bits per heavy atom. The van der Waals surface area contributed by atoms with Crippen LogP contribution >= 0.6 is 0 Å². The van der Waals surface area contributed by atoms with Crippen LogP contribution in [0.2, 0.25) is 0 Å². The van der Waals surface area contributed by atoms with Crippen LogP contribution in [0.15, 0.2) is 24.3 Å². The van der Waals surface area contributed by atoms with Crippen molar-refractivity contribution in [2.24, 2.45) is 0 Å². The van der Waals surface area contributed by atoms with Crippen molar-refractivity contribution >= 4 is 28.7 Å². The number of ether oxygens (including phenoxy) is 1. The molecule has 0 spiro atoms. The molecule has 3 rings (SSSR count). The number of halogens is 3. The third-order valence-corrected chi connectivity index (χ3v) is 3.87. The highest BCUT2D eigenvalue weighted by molar-refractivity contribution is 6.01. The molecule has 11 heteroatoms. The number of fused-ring (bicyclic) bond motifs is 1. The van der Waals surface area contributed by atoms with Gasteiger partial charge in [0.25, 0.3) is 0 Å². The topological polar surface area (TPSA) is 110 Å². The monoisotopic (exact) mass is 407 g/mol. The highest BCUT2D eigenvalue weighted by atomic mass is 19.4. The summed E-state index contributed by atoms with van der Waals surface area (Å²) in [5, 5.41) is 9.03. The van der Waals surface area contributed by atoms with Crippen molar-refractivity contribution in [1.29, 1.82) is 0 Å². The summed E-state index contributed by atoms with van der Waals surface area (Å²) < 4.78 is 43.5. The predicted molar refractivity (Wildman–Crippen MR) is 96.7 cm³/mol. The molecule has 29 heavy (non-hydrogen) atoms. The van der Waals surface area contributed by atoms with E-state index < -0.39 is 30.0 Å². The van der Waals surface area contributed by atoms with Crippen LogP contribution in [0.1, 0.15) is 24.6 Å². The Balaban J connectivity index is 1.86. The molecule has 2 aromatic heterocycles. The predicted octanol–water partition coefficient (Wildman–Crippen LogP) is 3.24. The van der Waals surface area contributed by atoms with Crippen molar-refractivity contribution < 1.29 is 27.5 Å². The van der Waals surface area contributed by atoms with Crippen LogP contribution in [0.5, 0.6) is 0 Å². The summed E-state index contributed by atoms with van der Waals surface area (Å²) in [5.74, 6) is -1.07. The van der Waals surface area contributed by atoms with Gasteiger partial charge in [-0.3, -0.25) is 14.7 Å². The van der Waals surface area contributed by atoms with E-state index in [9.17, 15) is 22.8 Å². The second-order valence-electron chi connectivity index (χ2n) is 6.06. The summed E-state index contributed by atoms with van der Waals surface area (Å²) in [6.07, 6.45) is -4.96. The quantitative estimate of drug-likeness (QED) is 0.496. The van der Waals surface area contributed by atoms with E-state index in [2.05, 4.69) is 25.5 Å². The molecule has 3 aromatic rings. The van der Waals surface area contributed by atoms with Gasteiger partial charge in [-0.1, -0.05) is 0 Å². The van der Waals surface area contributed by atoms with E-state index in [1.54, 1.807) is 13.8 Å². The molecule has 8 nitrogen and oxygen atoms in total. The summed E-state index contributed by atoms with van der Waals surface area (Å²) in [6.45, 7) is 3.44. The summed E-state index contributed by atoms with van der Waals surface area (Å²) in [7, 11) is 0. The number of rotatable bonds is 5. The first kappa shape index (κ1) is 20.2. The fraction of sp³-hybridized carbons (Fsp3) is 0.278. The van der Waals surface area contributed by atoms with Gasteiger partial charge in [-0.05, 0) is 32.0 Å². The maximum atomic E-state index is 12.9. The van der Waals surface area contributed by atoms with Gasteiger partial charge < -0.3 is 10.1 Å². The normalized spacial score (nSPS) is 11.5. The number of carbonyl (C=O) groups is 2. The summed E-state index contributed by atoms with van der Waals surface area (Å²) in [5.41, 5.74) is 0.546. The van der Waals surface area contributed by atoms with Gasteiger partial charge in [0.2, 0.25) is 5.91 Å². The molecule has 152 valence electrons.